The lowest BCUT2D eigenvalue weighted by Gasteiger charge is -2.24. The monoisotopic (exact) mass is 576 g/mol. The van der Waals surface area contributed by atoms with Gasteiger partial charge in [0, 0.05) is 16.7 Å². The molecule has 1 aliphatic rings. The second-order valence-electron chi connectivity index (χ2n) is 8.79. The second-order valence-corrected chi connectivity index (χ2v) is 10.7. The van der Waals surface area contributed by atoms with Crippen LogP contribution in [0.1, 0.15) is 31.2 Å². The van der Waals surface area contributed by atoms with E-state index in [1.54, 1.807) is 66.6 Å². The van der Waals surface area contributed by atoms with Gasteiger partial charge in [-0.05, 0) is 68.1 Å². The number of hydrogen-bond acceptors (Lipinski definition) is 10. The topological polar surface area (TPSA) is 118 Å². The van der Waals surface area contributed by atoms with Gasteiger partial charge in [-0.2, -0.15) is 0 Å². The molecule has 0 radical (unpaired) electrons. The van der Waals surface area contributed by atoms with E-state index in [1.165, 1.54) is 18.4 Å². The number of thioether (sulfide) groups is 1. The number of carbonyl (C=O) groups excluding carboxylic acids is 1. The Bertz CT molecular complexity index is 1780. The number of nitrogens with zero attached hydrogens (tertiary/aromatic N) is 2. The molecule has 5 rings (SSSR count). The summed E-state index contributed by atoms with van der Waals surface area (Å²) in [7, 11) is 1.53. The molecule has 0 spiro atoms. The van der Waals surface area contributed by atoms with E-state index >= 15 is 0 Å². The first-order valence-electron chi connectivity index (χ1n) is 12.4. The van der Waals surface area contributed by atoms with E-state index in [1.807, 2.05) is 36.0 Å². The Labute approximate surface area is 238 Å². The van der Waals surface area contributed by atoms with Gasteiger partial charge in [-0.25, -0.2) is 9.79 Å². The summed E-state index contributed by atoms with van der Waals surface area (Å²) < 4.78 is 18.7. The van der Waals surface area contributed by atoms with Gasteiger partial charge in [-0.15, -0.1) is 11.8 Å². The highest BCUT2D eigenvalue weighted by Crippen LogP contribution is 2.34. The van der Waals surface area contributed by atoms with Gasteiger partial charge in [-0.3, -0.25) is 9.36 Å². The van der Waals surface area contributed by atoms with Gasteiger partial charge in [0.25, 0.3) is 5.56 Å². The predicted octanol–water partition coefficient (Wildman–Crippen LogP) is 4.70. The van der Waals surface area contributed by atoms with Crippen molar-refractivity contribution < 1.29 is 18.7 Å². The Balaban J connectivity index is 1.62. The fraction of sp³-hybridized carbons (Fsp3) is 0.207. The number of carbonyl (C=O) groups is 1. The summed E-state index contributed by atoms with van der Waals surface area (Å²) in [6, 6.07) is 15.5. The summed E-state index contributed by atoms with van der Waals surface area (Å²) >= 11 is 2.82. The Kier molecular flexibility index (Phi) is 7.97. The van der Waals surface area contributed by atoms with E-state index in [2.05, 4.69) is 4.99 Å². The number of methoxy groups -OCH3 is 1. The molecule has 0 fully saturated rings. The molecule has 1 unspecified atom stereocenters. The van der Waals surface area contributed by atoms with Crippen LogP contribution >= 0.6 is 23.1 Å². The van der Waals surface area contributed by atoms with Gasteiger partial charge in [0.15, 0.2) is 4.80 Å². The molecular formula is C29H26N3O6S2-. The molecule has 206 valence electrons. The highest BCUT2D eigenvalue weighted by Gasteiger charge is 2.33. The Morgan fingerprint density at radius 2 is 2.00 bits per heavy atom. The fourth-order valence-corrected chi connectivity index (χ4v) is 6.00. The maximum atomic E-state index is 13.8. The molecule has 4 aromatic rings. The molecule has 0 amide bonds. The molecule has 40 heavy (non-hydrogen) atoms. The summed E-state index contributed by atoms with van der Waals surface area (Å²) in [5, 5.41) is 11.2. The van der Waals surface area contributed by atoms with Gasteiger partial charge in [-0.1, -0.05) is 23.5 Å². The van der Waals surface area contributed by atoms with Crippen molar-refractivity contribution in [2.24, 2.45) is 4.99 Å². The van der Waals surface area contributed by atoms with E-state index in [0.717, 1.165) is 10.5 Å². The SMILES string of the molecule is CCOC(=O)C1=C(C)N=c2s/c(=C\c3ccc(-c4cc(N[O-])ccc4OC)o3)c(=O)n2C1c1ccc(SC)cc1. The van der Waals surface area contributed by atoms with E-state index in [0.29, 0.717) is 49.1 Å². The van der Waals surface area contributed by atoms with Gasteiger partial charge in [0.05, 0.1) is 41.1 Å². The van der Waals surface area contributed by atoms with Crippen LogP contribution in [0, 0.1) is 5.21 Å². The minimum atomic E-state index is -0.688. The van der Waals surface area contributed by atoms with Gasteiger partial charge < -0.3 is 24.6 Å². The zero-order valence-electron chi connectivity index (χ0n) is 22.2. The molecule has 2 aromatic carbocycles. The number of thiazole rings is 1. The van der Waals surface area contributed by atoms with Crippen LogP contribution in [0.4, 0.5) is 5.69 Å². The molecule has 3 heterocycles. The molecule has 0 saturated carbocycles. The zero-order valence-corrected chi connectivity index (χ0v) is 23.9. The molecular weight excluding hydrogens is 550 g/mol. The molecule has 11 heteroatoms. The number of fused-ring (bicyclic) bond motifs is 1. The van der Waals surface area contributed by atoms with E-state index in [-0.39, 0.29) is 12.2 Å². The van der Waals surface area contributed by atoms with E-state index in [4.69, 9.17) is 13.9 Å². The second kappa shape index (κ2) is 11.6. The van der Waals surface area contributed by atoms with Crippen LogP contribution in [-0.2, 0) is 9.53 Å². The molecule has 0 aliphatic carbocycles. The van der Waals surface area contributed by atoms with Crippen molar-refractivity contribution in [2.45, 2.75) is 24.8 Å². The van der Waals surface area contributed by atoms with Crippen LogP contribution < -0.4 is 25.1 Å². The molecule has 1 aliphatic heterocycles. The number of furan rings is 1. The number of aromatic nitrogens is 1. The van der Waals surface area contributed by atoms with Crippen molar-refractivity contribution in [2.75, 3.05) is 25.5 Å². The van der Waals surface area contributed by atoms with Crippen molar-refractivity contribution in [3.05, 3.63) is 102 Å². The lowest BCUT2D eigenvalue weighted by Crippen LogP contribution is -2.39. The van der Waals surface area contributed by atoms with E-state index < -0.39 is 12.0 Å². The molecule has 0 bridgehead atoms. The van der Waals surface area contributed by atoms with Crippen molar-refractivity contribution in [3.63, 3.8) is 0 Å². The maximum absolute atomic E-state index is 13.8. The first-order valence-corrected chi connectivity index (χ1v) is 14.4. The lowest BCUT2D eigenvalue weighted by molar-refractivity contribution is -0.139. The normalized spacial score (nSPS) is 15.0. The third kappa shape index (κ3) is 5.10. The lowest BCUT2D eigenvalue weighted by atomic mass is 9.96. The first-order chi connectivity index (χ1) is 19.4. The quantitative estimate of drug-likeness (QED) is 0.182. The predicted molar refractivity (Wildman–Crippen MR) is 156 cm³/mol. The molecule has 0 saturated heterocycles. The molecule has 9 nitrogen and oxygen atoms in total. The third-order valence-corrected chi connectivity index (χ3v) is 8.16. The Morgan fingerprint density at radius 1 is 1.23 bits per heavy atom. The standard InChI is InChI=1S/C29H26N3O6S2/c1-5-37-28(34)25-16(2)30-29-32(26(25)17-6-10-20(39-4)11-7-17)27(33)24(40-29)15-19-9-13-23(38-19)21-14-18(31-35)8-12-22(21)36-3/h6-15,26,31H,5H2,1-4H3/q-1/b24-15-. The molecule has 2 aromatic heterocycles. The van der Waals surface area contributed by atoms with E-state index in [9.17, 15) is 14.8 Å². The first kappa shape index (κ1) is 27.5. The molecule has 1 atom stereocenters. The van der Waals surface area contributed by atoms with Gasteiger partial charge in [0.1, 0.15) is 17.3 Å². The number of rotatable bonds is 8. The Hall–Kier alpha value is -4.06. The summed E-state index contributed by atoms with van der Waals surface area (Å²) in [6.07, 6.45) is 3.63. The number of hydrogen-bond donors (Lipinski definition) is 1. The number of nitrogens with one attached hydrogen (secondary N) is 1. The van der Waals surface area contributed by atoms with Crippen molar-refractivity contribution in [1.29, 1.82) is 0 Å². The van der Waals surface area contributed by atoms with Crippen LogP contribution in [0.3, 0.4) is 0 Å². The largest absolute Gasteiger partial charge is 0.761 e. The minimum Gasteiger partial charge on any atom is -0.761 e. The van der Waals surface area contributed by atoms with Crippen LogP contribution in [0.5, 0.6) is 5.75 Å². The van der Waals surface area contributed by atoms with Crippen LogP contribution in [0.15, 0.2) is 85.0 Å². The van der Waals surface area contributed by atoms with Crippen LogP contribution in [0.2, 0.25) is 0 Å². The summed E-state index contributed by atoms with van der Waals surface area (Å²) in [5.74, 6) is 0.940. The number of benzene rings is 2. The summed E-state index contributed by atoms with van der Waals surface area (Å²) in [6.45, 7) is 3.70. The number of esters is 1. The average molecular weight is 577 g/mol. The summed E-state index contributed by atoms with van der Waals surface area (Å²) in [5.41, 5.74) is 4.14. The Morgan fingerprint density at radius 3 is 2.67 bits per heavy atom. The third-order valence-electron chi connectivity index (χ3n) is 6.43. The average Bonchev–Trinajstić information content (AvgIpc) is 3.56. The number of allylic oxidation sites excluding steroid dienone is 1. The van der Waals surface area contributed by atoms with Crippen molar-refractivity contribution in [3.8, 4) is 17.1 Å². The summed E-state index contributed by atoms with van der Waals surface area (Å²) in [4.78, 5) is 33.0. The van der Waals surface area contributed by atoms with Gasteiger partial charge >= 0.3 is 5.97 Å². The fourth-order valence-electron chi connectivity index (χ4n) is 4.56. The van der Waals surface area contributed by atoms with Gasteiger partial charge in [0.2, 0.25) is 0 Å². The highest BCUT2D eigenvalue weighted by molar-refractivity contribution is 7.98. The van der Waals surface area contributed by atoms with Crippen LogP contribution in [0.25, 0.3) is 17.4 Å². The zero-order chi connectivity index (χ0) is 28.4. The smallest absolute Gasteiger partial charge is 0.338 e. The highest BCUT2D eigenvalue weighted by atomic mass is 32.2. The number of anilines is 1. The van der Waals surface area contributed by atoms with Crippen LogP contribution in [-0.4, -0.2) is 30.5 Å². The number of ether oxygens (including phenoxy) is 2. The minimum absolute atomic E-state index is 0.206. The van der Waals surface area contributed by atoms with Crippen molar-refractivity contribution in [1.82, 2.24) is 4.57 Å². The maximum Gasteiger partial charge on any atom is 0.338 e. The molecule has 1 N–H and O–H groups in total. The van der Waals surface area contributed by atoms with Crippen molar-refractivity contribution >= 4 is 40.8 Å².